The lowest BCUT2D eigenvalue weighted by molar-refractivity contribution is -0.385. The van der Waals surface area contributed by atoms with Gasteiger partial charge in [0.1, 0.15) is 0 Å². The van der Waals surface area contributed by atoms with E-state index in [0.717, 1.165) is 5.56 Å². The van der Waals surface area contributed by atoms with Crippen LogP contribution in [-0.2, 0) is 6.54 Å². The van der Waals surface area contributed by atoms with E-state index < -0.39 is 4.92 Å². The molecule has 0 bridgehead atoms. The lowest BCUT2D eigenvalue weighted by Crippen LogP contribution is -2.18. The van der Waals surface area contributed by atoms with Gasteiger partial charge < -0.3 is 5.32 Å². The second-order valence-electron chi connectivity index (χ2n) is 5.04. The first-order valence-corrected chi connectivity index (χ1v) is 7.08. The number of benzene rings is 2. The molecule has 0 aliphatic rings. The van der Waals surface area contributed by atoms with Crippen LogP contribution in [0.25, 0.3) is 0 Å². The molecule has 2 aromatic rings. The molecule has 2 rings (SSSR count). The van der Waals surface area contributed by atoms with E-state index in [9.17, 15) is 10.1 Å². The van der Waals surface area contributed by atoms with E-state index in [2.05, 4.69) is 29.6 Å². The van der Waals surface area contributed by atoms with Gasteiger partial charge in [-0.2, -0.15) is 0 Å². The maximum absolute atomic E-state index is 11.0. The first-order chi connectivity index (χ1) is 9.97. The average molecular weight is 305 g/mol. The normalized spacial score (nSPS) is 12.1. The number of aryl methyl sites for hydroxylation is 1. The predicted octanol–water partition coefficient (Wildman–Crippen LogP) is 4.41. The highest BCUT2D eigenvalue weighted by Gasteiger charge is 2.15. The summed E-state index contributed by atoms with van der Waals surface area (Å²) in [7, 11) is 0. The van der Waals surface area contributed by atoms with Crippen molar-refractivity contribution in [2.24, 2.45) is 0 Å². The molecule has 0 unspecified atom stereocenters. The van der Waals surface area contributed by atoms with Crippen LogP contribution in [0.4, 0.5) is 5.69 Å². The van der Waals surface area contributed by atoms with Crippen LogP contribution in [0.5, 0.6) is 0 Å². The van der Waals surface area contributed by atoms with Crippen molar-refractivity contribution in [3.05, 3.63) is 74.3 Å². The number of nitro benzene ring substituents is 1. The van der Waals surface area contributed by atoms with Crippen molar-refractivity contribution < 1.29 is 4.92 Å². The molecule has 110 valence electrons. The number of nitrogens with zero attached hydrogens (tertiary/aromatic N) is 1. The van der Waals surface area contributed by atoms with Crippen LogP contribution in [0.2, 0.25) is 5.02 Å². The number of halogens is 1. The van der Waals surface area contributed by atoms with Gasteiger partial charge in [0.25, 0.3) is 5.69 Å². The molecule has 0 heterocycles. The van der Waals surface area contributed by atoms with Crippen LogP contribution in [0.15, 0.2) is 42.5 Å². The summed E-state index contributed by atoms with van der Waals surface area (Å²) < 4.78 is 0. The lowest BCUT2D eigenvalue weighted by atomic mass is 10.1. The fourth-order valence-electron chi connectivity index (χ4n) is 2.09. The molecule has 5 heteroatoms. The maximum atomic E-state index is 11.0. The van der Waals surface area contributed by atoms with Crippen LogP contribution in [0, 0.1) is 17.0 Å². The molecule has 0 aliphatic carbocycles. The quantitative estimate of drug-likeness (QED) is 0.657. The molecule has 21 heavy (non-hydrogen) atoms. The third-order valence-electron chi connectivity index (χ3n) is 3.42. The van der Waals surface area contributed by atoms with Crippen LogP contribution in [0.1, 0.15) is 29.7 Å². The fraction of sp³-hybridized carbons (Fsp3) is 0.250. The molecule has 0 fully saturated rings. The van der Waals surface area contributed by atoms with E-state index in [1.165, 1.54) is 11.6 Å². The van der Waals surface area contributed by atoms with Gasteiger partial charge in [-0.3, -0.25) is 10.1 Å². The summed E-state index contributed by atoms with van der Waals surface area (Å²) in [6, 6.07) is 13.1. The van der Waals surface area contributed by atoms with Gasteiger partial charge in [-0.05, 0) is 31.5 Å². The molecular formula is C16H17ClN2O2. The van der Waals surface area contributed by atoms with E-state index in [-0.39, 0.29) is 11.7 Å². The van der Waals surface area contributed by atoms with Gasteiger partial charge in [0.2, 0.25) is 0 Å². The number of nitro groups is 1. The van der Waals surface area contributed by atoms with Gasteiger partial charge in [-0.15, -0.1) is 0 Å². The van der Waals surface area contributed by atoms with Crippen LogP contribution in [-0.4, -0.2) is 4.92 Å². The zero-order chi connectivity index (χ0) is 15.4. The third-order valence-corrected chi connectivity index (χ3v) is 3.66. The summed E-state index contributed by atoms with van der Waals surface area (Å²) in [6.45, 7) is 4.49. The minimum absolute atomic E-state index is 0.0473. The Labute approximate surface area is 128 Å². The van der Waals surface area contributed by atoms with E-state index in [4.69, 9.17) is 11.6 Å². The van der Waals surface area contributed by atoms with E-state index in [1.54, 1.807) is 12.1 Å². The zero-order valence-corrected chi connectivity index (χ0v) is 12.7. The van der Waals surface area contributed by atoms with Crippen LogP contribution in [0.3, 0.4) is 0 Å². The second kappa shape index (κ2) is 6.70. The molecule has 4 nitrogen and oxygen atoms in total. The van der Waals surface area contributed by atoms with Crippen molar-refractivity contribution in [1.82, 2.24) is 5.32 Å². The summed E-state index contributed by atoms with van der Waals surface area (Å²) in [6.07, 6.45) is 0. The van der Waals surface area contributed by atoms with Gasteiger partial charge in [0.15, 0.2) is 0 Å². The lowest BCUT2D eigenvalue weighted by Gasteiger charge is -2.14. The highest BCUT2D eigenvalue weighted by molar-refractivity contribution is 6.30. The van der Waals surface area contributed by atoms with Gasteiger partial charge >= 0.3 is 0 Å². The molecule has 0 aliphatic heterocycles. The Morgan fingerprint density at radius 2 is 1.90 bits per heavy atom. The van der Waals surface area contributed by atoms with Crippen molar-refractivity contribution in [3.63, 3.8) is 0 Å². The van der Waals surface area contributed by atoms with Crippen molar-refractivity contribution >= 4 is 17.3 Å². The van der Waals surface area contributed by atoms with Crippen LogP contribution >= 0.6 is 11.6 Å². The van der Waals surface area contributed by atoms with Crippen molar-refractivity contribution in [1.29, 1.82) is 0 Å². The Morgan fingerprint density at radius 1 is 1.24 bits per heavy atom. The number of rotatable bonds is 5. The topological polar surface area (TPSA) is 55.2 Å². The first kappa shape index (κ1) is 15.5. The van der Waals surface area contributed by atoms with E-state index in [1.807, 2.05) is 13.8 Å². The third kappa shape index (κ3) is 4.03. The van der Waals surface area contributed by atoms with Crippen LogP contribution < -0.4 is 5.32 Å². The Kier molecular flexibility index (Phi) is 4.94. The van der Waals surface area contributed by atoms with E-state index >= 15 is 0 Å². The SMILES string of the molecule is Cc1ccc([C@H](C)NCc2ccc(Cl)cc2[N+](=O)[O-])cc1. The molecule has 1 atom stereocenters. The Morgan fingerprint density at radius 3 is 2.52 bits per heavy atom. The van der Waals surface area contributed by atoms with Crippen molar-refractivity contribution in [2.45, 2.75) is 26.4 Å². The highest BCUT2D eigenvalue weighted by atomic mass is 35.5. The molecule has 0 aromatic heterocycles. The molecule has 0 amide bonds. The monoisotopic (exact) mass is 304 g/mol. The summed E-state index contributed by atoms with van der Waals surface area (Å²) in [4.78, 5) is 10.6. The minimum atomic E-state index is -0.403. The minimum Gasteiger partial charge on any atom is -0.306 e. The molecule has 1 N–H and O–H groups in total. The summed E-state index contributed by atoms with van der Waals surface area (Å²) >= 11 is 5.81. The van der Waals surface area contributed by atoms with E-state index in [0.29, 0.717) is 17.1 Å². The maximum Gasteiger partial charge on any atom is 0.275 e. The summed E-state index contributed by atoms with van der Waals surface area (Å²) in [5.74, 6) is 0. The fourth-order valence-corrected chi connectivity index (χ4v) is 2.26. The highest BCUT2D eigenvalue weighted by Crippen LogP contribution is 2.24. The average Bonchev–Trinajstić information content (AvgIpc) is 2.46. The first-order valence-electron chi connectivity index (χ1n) is 6.70. The Hall–Kier alpha value is -1.91. The van der Waals surface area contributed by atoms with Gasteiger partial charge in [-0.1, -0.05) is 41.4 Å². The summed E-state index contributed by atoms with van der Waals surface area (Å²) in [5, 5.41) is 14.7. The summed E-state index contributed by atoms with van der Waals surface area (Å²) in [5.41, 5.74) is 3.03. The number of nitrogens with one attached hydrogen (secondary N) is 1. The smallest absolute Gasteiger partial charge is 0.275 e. The van der Waals surface area contributed by atoms with Gasteiger partial charge in [0.05, 0.1) is 4.92 Å². The largest absolute Gasteiger partial charge is 0.306 e. The standard InChI is InChI=1S/C16H17ClN2O2/c1-11-3-5-13(6-4-11)12(2)18-10-14-7-8-15(17)9-16(14)19(20)21/h3-9,12,18H,10H2,1-2H3/t12-/m0/s1. The number of hydrogen-bond acceptors (Lipinski definition) is 3. The Bertz CT molecular complexity index is 641. The molecule has 0 spiro atoms. The second-order valence-corrected chi connectivity index (χ2v) is 5.48. The predicted molar refractivity (Wildman–Crippen MR) is 84.5 cm³/mol. The number of hydrogen-bond donors (Lipinski definition) is 1. The zero-order valence-electron chi connectivity index (χ0n) is 12.0. The molecule has 0 radical (unpaired) electrons. The van der Waals surface area contributed by atoms with Gasteiger partial charge in [-0.25, -0.2) is 0 Å². The molecular weight excluding hydrogens is 288 g/mol. The Balaban J connectivity index is 2.09. The van der Waals surface area contributed by atoms with Crippen molar-refractivity contribution in [2.75, 3.05) is 0 Å². The molecule has 0 saturated carbocycles. The molecule has 2 aromatic carbocycles. The molecule has 0 saturated heterocycles. The van der Waals surface area contributed by atoms with Crippen molar-refractivity contribution in [3.8, 4) is 0 Å². The van der Waals surface area contributed by atoms with Gasteiger partial charge in [0, 0.05) is 29.2 Å².